The first-order valence-corrected chi connectivity index (χ1v) is 7.18. The largest absolute Gasteiger partial charge is 0.497 e. The van der Waals surface area contributed by atoms with Crippen molar-refractivity contribution in [3.8, 4) is 5.75 Å². The van der Waals surface area contributed by atoms with E-state index in [4.69, 9.17) is 9.72 Å². The number of ether oxygens (including phenoxy) is 1. The first kappa shape index (κ1) is 11.6. The molecule has 1 aliphatic rings. The molecule has 2 aromatic carbocycles. The number of nitrogens with one attached hydrogen (secondary N) is 1. The van der Waals surface area contributed by atoms with E-state index in [2.05, 4.69) is 17.4 Å². The van der Waals surface area contributed by atoms with Gasteiger partial charge >= 0.3 is 0 Å². The van der Waals surface area contributed by atoms with Crippen molar-refractivity contribution in [1.29, 1.82) is 0 Å². The predicted molar refractivity (Wildman–Crippen MR) is 82.1 cm³/mol. The Bertz CT molecular complexity index is 817. The van der Waals surface area contributed by atoms with Crippen molar-refractivity contribution in [2.24, 2.45) is 0 Å². The number of fused-ring (bicyclic) bond motifs is 3. The van der Waals surface area contributed by atoms with Gasteiger partial charge in [0.15, 0.2) is 0 Å². The summed E-state index contributed by atoms with van der Waals surface area (Å²) in [6, 6.07) is 16.4. The lowest BCUT2D eigenvalue weighted by Gasteiger charge is -2.20. The van der Waals surface area contributed by atoms with Crippen LogP contribution in [0.2, 0.25) is 0 Å². The van der Waals surface area contributed by atoms with E-state index in [1.807, 2.05) is 36.4 Å². The zero-order valence-corrected chi connectivity index (χ0v) is 11.7. The molecule has 1 aromatic heterocycles. The number of nitrogens with zero attached hydrogens (tertiary/aromatic N) is 1. The first-order valence-electron chi connectivity index (χ1n) is 6.36. The Labute approximate surface area is 121 Å². The number of para-hydroxylation sites is 1. The third-order valence-electron chi connectivity index (χ3n) is 3.35. The second-order valence-electron chi connectivity index (χ2n) is 4.62. The van der Waals surface area contributed by atoms with Crippen molar-refractivity contribution in [1.82, 2.24) is 4.98 Å². The number of anilines is 2. The summed E-state index contributed by atoms with van der Waals surface area (Å²) < 4.78 is 5.28. The lowest BCUT2D eigenvalue weighted by atomic mass is 10.2. The van der Waals surface area contributed by atoms with Gasteiger partial charge in [0.2, 0.25) is 0 Å². The van der Waals surface area contributed by atoms with Crippen LogP contribution in [0, 0.1) is 0 Å². The topological polar surface area (TPSA) is 34.1 Å². The number of methoxy groups -OCH3 is 1. The van der Waals surface area contributed by atoms with Gasteiger partial charge in [-0.2, -0.15) is 0 Å². The molecule has 4 heteroatoms. The molecule has 3 aromatic rings. The number of rotatable bonds is 1. The van der Waals surface area contributed by atoms with Gasteiger partial charge in [-0.1, -0.05) is 30.0 Å². The molecule has 3 nitrogen and oxygen atoms in total. The maximum atomic E-state index is 5.28. The summed E-state index contributed by atoms with van der Waals surface area (Å²) in [7, 11) is 1.69. The molecule has 2 heterocycles. The SMILES string of the molecule is COc1ccc2c(c1)Sc1cc3ccccc3nc1N2. The highest BCUT2D eigenvalue weighted by Gasteiger charge is 2.18. The number of pyridine rings is 1. The van der Waals surface area contributed by atoms with E-state index in [0.29, 0.717) is 0 Å². The summed E-state index contributed by atoms with van der Waals surface area (Å²) in [5.74, 6) is 1.79. The van der Waals surface area contributed by atoms with Crippen LogP contribution < -0.4 is 10.1 Å². The molecule has 0 saturated heterocycles. The van der Waals surface area contributed by atoms with Gasteiger partial charge in [0.05, 0.1) is 23.2 Å². The van der Waals surface area contributed by atoms with Crippen LogP contribution in [0.1, 0.15) is 0 Å². The van der Waals surface area contributed by atoms with E-state index in [-0.39, 0.29) is 0 Å². The molecule has 0 spiro atoms. The van der Waals surface area contributed by atoms with Gasteiger partial charge in [0.25, 0.3) is 0 Å². The number of benzene rings is 2. The minimum absolute atomic E-state index is 0.871. The van der Waals surface area contributed by atoms with Crippen molar-refractivity contribution in [2.45, 2.75) is 9.79 Å². The fourth-order valence-electron chi connectivity index (χ4n) is 2.33. The molecular formula is C16H12N2OS. The van der Waals surface area contributed by atoms with Crippen molar-refractivity contribution in [3.63, 3.8) is 0 Å². The molecule has 1 aliphatic heterocycles. The van der Waals surface area contributed by atoms with Crippen LogP contribution in [0.3, 0.4) is 0 Å². The number of aromatic nitrogens is 1. The number of hydrogen-bond acceptors (Lipinski definition) is 4. The minimum Gasteiger partial charge on any atom is -0.497 e. The smallest absolute Gasteiger partial charge is 0.145 e. The van der Waals surface area contributed by atoms with Crippen molar-refractivity contribution >= 4 is 34.2 Å². The normalized spacial score (nSPS) is 12.4. The molecule has 1 N–H and O–H groups in total. The van der Waals surface area contributed by atoms with E-state index in [0.717, 1.165) is 37.9 Å². The van der Waals surface area contributed by atoms with E-state index in [1.165, 1.54) is 0 Å². The highest BCUT2D eigenvalue weighted by Crippen LogP contribution is 2.45. The summed E-state index contributed by atoms with van der Waals surface area (Å²) in [6.07, 6.45) is 0. The van der Waals surface area contributed by atoms with Gasteiger partial charge < -0.3 is 10.1 Å². The Morgan fingerprint density at radius 3 is 2.85 bits per heavy atom. The predicted octanol–water partition coefficient (Wildman–Crippen LogP) is 4.45. The highest BCUT2D eigenvalue weighted by atomic mass is 32.2. The molecule has 0 radical (unpaired) electrons. The second-order valence-corrected chi connectivity index (χ2v) is 5.70. The fraction of sp³-hybridized carbons (Fsp3) is 0.0625. The van der Waals surface area contributed by atoms with Crippen LogP contribution in [0.15, 0.2) is 58.3 Å². The number of hydrogen-bond donors (Lipinski definition) is 1. The molecule has 0 atom stereocenters. The van der Waals surface area contributed by atoms with E-state index in [9.17, 15) is 0 Å². The summed E-state index contributed by atoms with van der Waals surface area (Å²) in [5.41, 5.74) is 2.09. The Morgan fingerprint density at radius 2 is 1.95 bits per heavy atom. The maximum absolute atomic E-state index is 5.28. The molecule has 0 unspecified atom stereocenters. The molecule has 0 saturated carbocycles. The van der Waals surface area contributed by atoms with Gasteiger partial charge in [-0.25, -0.2) is 4.98 Å². The molecule has 98 valence electrons. The zero-order valence-electron chi connectivity index (χ0n) is 10.9. The third kappa shape index (κ3) is 1.80. The monoisotopic (exact) mass is 280 g/mol. The van der Waals surface area contributed by atoms with Crippen molar-refractivity contribution < 1.29 is 4.74 Å². The molecule has 4 rings (SSSR count). The molecular weight excluding hydrogens is 268 g/mol. The fourth-order valence-corrected chi connectivity index (χ4v) is 3.35. The Morgan fingerprint density at radius 1 is 1.05 bits per heavy atom. The lowest BCUT2D eigenvalue weighted by Crippen LogP contribution is -2.02. The summed E-state index contributed by atoms with van der Waals surface area (Å²) in [5, 5.41) is 4.56. The van der Waals surface area contributed by atoms with Crippen molar-refractivity contribution in [2.75, 3.05) is 12.4 Å². The molecule has 0 fully saturated rings. The van der Waals surface area contributed by atoms with E-state index >= 15 is 0 Å². The molecule has 20 heavy (non-hydrogen) atoms. The highest BCUT2D eigenvalue weighted by molar-refractivity contribution is 7.99. The van der Waals surface area contributed by atoms with E-state index < -0.39 is 0 Å². The van der Waals surface area contributed by atoms with Crippen LogP contribution in [-0.4, -0.2) is 12.1 Å². The van der Waals surface area contributed by atoms with Gasteiger partial charge in [-0.3, -0.25) is 0 Å². The van der Waals surface area contributed by atoms with E-state index in [1.54, 1.807) is 18.9 Å². The lowest BCUT2D eigenvalue weighted by molar-refractivity contribution is 0.414. The minimum atomic E-state index is 0.871. The van der Waals surface area contributed by atoms with Gasteiger partial charge in [-0.05, 0) is 30.3 Å². The summed E-state index contributed by atoms with van der Waals surface area (Å²) in [4.78, 5) is 7.00. The Hall–Kier alpha value is -2.20. The quantitative estimate of drug-likeness (QED) is 0.558. The van der Waals surface area contributed by atoms with Gasteiger partial charge in [-0.15, -0.1) is 0 Å². The van der Waals surface area contributed by atoms with Crippen LogP contribution in [-0.2, 0) is 0 Å². The molecule has 0 bridgehead atoms. The first-order chi connectivity index (χ1) is 9.83. The van der Waals surface area contributed by atoms with Gasteiger partial charge in [0, 0.05) is 10.3 Å². The standard InChI is InChI=1S/C16H12N2OS/c1-19-11-6-7-13-14(9-11)20-15-8-10-4-2-3-5-12(10)17-16(15)18-13/h2-9H,1H3,(H,17,18). The zero-order chi connectivity index (χ0) is 13.5. The van der Waals surface area contributed by atoms with Gasteiger partial charge in [0.1, 0.15) is 11.6 Å². The molecule has 0 aliphatic carbocycles. The van der Waals surface area contributed by atoms with Crippen LogP contribution in [0.4, 0.5) is 11.5 Å². The third-order valence-corrected chi connectivity index (χ3v) is 4.44. The average Bonchev–Trinajstić information content (AvgIpc) is 2.50. The second kappa shape index (κ2) is 4.42. The average molecular weight is 280 g/mol. The maximum Gasteiger partial charge on any atom is 0.145 e. The van der Waals surface area contributed by atoms with Crippen LogP contribution in [0.5, 0.6) is 5.75 Å². The Kier molecular flexibility index (Phi) is 2.57. The van der Waals surface area contributed by atoms with Crippen molar-refractivity contribution in [3.05, 3.63) is 48.5 Å². The summed E-state index contributed by atoms with van der Waals surface area (Å²) in [6.45, 7) is 0. The van der Waals surface area contributed by atoms with Crippen LogP contribution >= 0.6 is 11.8 Å². The Balaban J connectivity index is 1.85. The molecule has 0 amide bonds. The van der Waals surface area contributed by atoms with Crippen LogP contribution in [0.25, 0.3) is 10.9 Å². The summed E-state index contributed by atoms with van der Waals surface area (Å²) >= 11 is 1.72.